The molecule has 0 aliphatic carbocycles. The van der Waals surface area contributed by atoms with E-state index in [0.29, 0.717) is 14.9 Å². The van der Waals surface area contributed by atoms with E-state index in [-0.39, 0.29) is 23.0 Å². The summed E-state index contributed by atoms with van der Waals surface area (Å²) in [5.41, 5.74) is 0.682. The summed E-state index contributed by atoms with van der Waals surface area (Å²) in [5.74, 6) is -1.84. The van der Waals surface area contributed by atoms with Crippen LogP contribution in [0.15, 0.2) is 53.4 Å². The van der Waals surface area contributed by atoms with E-state index in [9.17, 15) is 22.8 Å². The summed E-state index contributed by atoms with van der Waals surface area (Å²) in [6.07, 6.45) is 0. The highest BCUT2D eigenvalue weighted by Crippen LogP contribution is 2.30. The molecule has 32 heavy (non-hydrogen) atoms. The van der Waals surface area contributed by atoms with Gasteiger partial charge >= 0.3 is 0 Å². The maximum Gasteiger partial charge on any atom is 0.269 e. The van der Waals surface area contributed by atoms with E-state index < -0.39 is 40.3 Å². The van der Waals surface area contributed by atoms with Crippen molar-refractivity contribution in [1.82, 2.24) is 14.5 Å². The number of nitrogens with zero attached hydrogens (tertiary/aromatic N) is 2. The molecule has 0 fully saturated rings. The lowest BCUT2D eigenvalue weighted by atomic mass is 10.1. The van der Waals surface area contributed by atoms with Gasteiger partial charge in [-0.05, 0) is 50.6 Å². The average molecular weight is 478 g/mol. The van der Waals surface area contributed by atoms with Gasteiger partial charge in [-0.2, -0.15) is 0 Å². The van der Waals surface area contributed by atoms with Crippen LogP contribution in [0.25, 0.3) is 0 Å². The Labute approximate surface area is 192 Å². The highest BCUT2D eigenvalue weighted by molar-refractivity contribution is 7.90. The third kappa shape index (κ3) is 4.78. The molecule has 2 aromatic carbocycles. The predicted octanol–water partition coefficient (Wildman–Crippen LogP) is 2.43. The molecule has 2 aromatic rings. The van der Waals surface area contributed by atoms with E-state index >= 15 is 0 Å². The molecule has 0 bridgehead atoms. The number of amides is 3. The lowest BCUT2D eigenvalue weighted by Crippen LogP contribution is -2.52. The van der Waals surface area contributed by atoms with Crippen molar-refractivity contribution >= 4 is 39.3 Å². The molecule has 1 heterocycles. The van der Waals surface area contributed by atoms with Crippen LogP contribution < -0.4 is 5.32 Å². The van der Waals surface area contributed by atoms with Gasteiger partial charge < -0.3 is 10.2 Å². The van der Waals surface area contributed by atoms with Crippen molar-refractivity contribution in [3.05, 3.63) is 64.7 Å². The molecule has 0 aromatic heterocycles. The summed E-state index contributed by atoms with van der Waals surface area (Å²) in [6, 6.07) is 11.5. The molecule has 0 unspecified atom stereocenters. The van der Waals surface area contributed by atoms with Gasteiger partial charge in [0.05, 0.1) is 5.56 Å². The number of benzene rings is 2. The first-order valence-corrected chi connectivity index (χ1v) is 11.8. The minimum Gasteiger partial charge on any atom is -0.352 e. The number of rotatable bonds is 7. The minimum atomic E-state index is -4.15. The van der Waals surface area contributed by atoms with E-state index in [1.165, 1.54) is 23.1 Å². The standard InChI is InChI=1S/C22H24ClN3O5S/c1-14(2)24-21(28)15(3)25(12-16-7-6-8-17(23)11-16)20(27)13-26-22(29)18-9-4-5-10-19(18)32(26,30)31/h4-11,14-15H,12-13H2,1-3H3,(H,24,28)/t15-/m0/s1. The SMILES string of the molecule is CC(C)NC(=O)[C@H](C)N(Cc1cccc(Cl)c1)C(=O)CN1C(=O)c2ccccc2S1(=O)=O. The number of sulfonamides is 1. The van der Waals surface area contributed by atoms with E-state index in [0.717, 1.165) is 0 Å². The molecule has 0 spiro atoms. The van der Waals surface area contributed by atoms with Gasteiger partial charge in [0.15, 0.2) is 0 Å². The van der Waals surface area contributed by atoms with Gasteiger partial charge in [-0.15, -0.1) is 0 Å². The highest BCUT2D eigenvalue weighted by Gasteiger charge is 2.43. The van der Waals surface area contributed by atoms with Crippen LogP contribution in [0.1, 0.15) is 36.7 Å². The molecule has 0 saturated heterocycles. The zero-order chi connectivity index (χ0) is 23.6. The van der Waals surface area contributed by atoms with Crippen LogP contribution in [0.2, 0.25) is 5.02 Å². The number of carbonyl (C=O) groups excluding carboxylic acids is 3. The third-order valence-electron chi connectivity index (χ3n) is 5.03. The molecule has 3 rings (SSSR count). The van der Waals surface area contributed by atoms with Crippen molar-refractivity contribution in [3.63, 3.8) is 0 Å². The van der Waals surface area contributed by atoms with Crippen LogP contribution in [0.4, 0.5) is 0 Å². The highest BCUT2D eigenvalue weighted by atomic mass is 35.5. The summed E-state index contributed by atoms with van der Waals surface area (Å²) < 4.78 is 26.2. The van der Waals surface area contributed by atoms with E-state index in [1.807, 2.05) is 0 Å². The zero-order valence-electron chi connectivity index (χ0n) is 17.9. The van der Waals surface area contributed by atoms with E-state index in [4.69, 9.17) is 11.6 Å². The Hall–Kier alpha value is -2.91. The monoisotopic (exact) mass is 477 g/mol. The first kappa shape index (κ1) is 23.7. The van der Waals surface area contributed by atoms with Gasteiger partial charge in [0.1, 0.15) is 17.5 Å². The van der Waals surface area contributed by atoms with Crippen molar-refractivity contribution in [2.45, 2.75) is 44.3 Å². The molecule has 3 amide bonds. The number of halogens is 1. The fraction of sp³-hybridized carbons (Fsp3) is 0.318. The molecule has 1 atom stereocenters. The van der Waals surface area contributed by atoms with E-state index in [1.54, 1.807) is 51.1 Å². The first-order valence-electron chi connectivity index (χ1n) is 10.0. The molecular formula is C22H24ClN3O5S. The maximum absolute atomic E-state index is 13.3. The van der Waals surface area contributed by atoms with Crippen molar-refractivity contribution in [1.29, 1.82) is 0 Å². The lowest BCUT2D eigenvalue weighted by molar-refractivity contribution is -0.140. The van der Waals surface area contributed by atoms with Crippen molar-refractivity contribution < 1.29 is 22.8 Å². The average Bonchev–Trinajstić information content (AvgIpc) is 2.92. The summed E-state index contributed by atoms with van der Waals surface area (Å²) in [4.78, 5) is 39.7. The third-order valence-corrected chi connectivity index (χ3v) is 7.05. The Morgan fingerprint density at radius 2 is 1.78 bits per heavy atom. The van der Waals surface area contributed by atoms with Crippen LogP contribution in [-0.2, 0) is 26.2 Å². The number of fused-ring (bicyclic) bond motifs is 1. The molecule has 170 valence electrons. The van der Waals surface area contributed by atoms with Crippen LogP contribution in [0.5, 0.6) is 0 Å². The van der Waals surface area contributed by atoms with E-state index in [2.05, 4.69) is 5.32 Å². The molecular weight excluding hydrogens is 454 g/mol. The van der Waals surface area contributed by atoms with Crippen LogP contribution in [0.3, 0.4) is 0 Å². The maximum atomic E-state index is 13.3. The minimum absolute atomic E-state index is 0.0150. The lowest BCUT2D eigenvalue weighted by Gasteiger charge is -2.30. The molecule has 0 radical (unpaired) electrons. The Morgan fingerprint density at radius 1 is 1.09 bits per heavy atom. The zero-order valence-corrected chi connectivity index (χ0v) is 19.5. The second-order valence-electron chi connectivity index (χ2n) is 7.80. The summed E-state index contributed by atoms with van der Waals surface area (Å²) in [7, 11) is -4.15. The fourth-order valence-corrected chi connectivity index (χ4v) is 5.15. The van der Waals surface area contributed by atoms with Gasteiger partial charge in [0, 0.05) is 17.6 Å². The Kier molecular flexibility index (Phi) is 6.90. The van der Waals surface area contributed by atoms with Gasteiger partial charge in [-0.1, -0.05) is 35.9 Å². The van der Waals surface area contributed by atoms with Gasteiger partial charge in [-0.3, -0.25) is 14.4 Å². The van der Waals surface area contributed by atoms with Crippen LogP contribution >= 0.6 is 11.6 Å². The van der Waals surface area contributed by atoms with Gasteiger partial charge in [0.2, 0.25) is 11.8 Å². The molecule has 0 saturated carbocycles. The summed E-state index contributed by atoms with van der Waals surface area (Å²) in [5, 5.41) is 3.21. The second kappa shape index (κ2) is 9.30. The fourth-order valence-electron chi connectivity index (χ4n) is 3.42. The van der Waals surface area contributed by atoms with Crippen molar-refractivity contribution in [2.24, 2.45) is 0 Å². The number of hydrogen-bond donors (Lipinski definition) is 1. The Bertz CT molecular complexity index is 1170. The van der Waals surface area contributed by atoms with Crippen molar-refractivity contribution in [2.75, 3.05) is 6.54 Å². The van der Waals surface area contributed by atoms with Gasteiger partial charge in [0.25, 0.3) is 15.9 Å². The largest absolute Gasteiger partial charge is 0.352 e. The van der Waals surface area contributed by atoms with Crippen LogP contribution in [0, 0.1) is 0 Å². The predicted molar refractivity (Wildman–Crippen MR) is 119 cm³/mol. The molecule has 1 aliphatic rings. The normalized spacial score (nSPS) is 15.4. The number of carbonyl (C=O) groups is 3. The molecule has 8 nitrogen and oxygen atoms in total. The summed E-state index contributed by atoms with van der Waals surface area (Å²) >= 11 is 6.05. The second-order valence-corrected chi connectivity index (χ2v) is 10.1. The Morgan fingerprint density at radius 3 is 2.41 bits per heavy atom. The van der Waals surface area contributed by atoms with Crippen molar-refractivity contribution in [3.8, 4) is 0 Å². The smallest absolute Gasteiger partial charge is 0.269 e. The molecule has 1 N–H and O–H groups in total. The Balaban J connectivity index is 1.90. The summed E-state index contributed by atoms with van der Waals surface area (Å²) in [6.45, 7) is 4.44. The first-order chi connectivity index (χ1) is 15.0. The topological polar surface area (TPSA) is 104 Å². The number of nitrogens with one attached hydrogen (secondary N) is 1. The molecule has 1 aliphatic heterocycles. The molecule has 10 heteroatoms. The quantitative estimate of drug-likeness (QED) is 0.659. The van der Waals surface area contributed by atoms with Gasteiger partial charge in [-0.25, -0.2) is 12.7 Å². The van der Waals surface area contributed by atoms with Crippen LogP contribution in [-0.4, -0.2) is 54.0 Å². The number of hydrogen-bond acceptors (Lipinski definition) is 5.